The molecule has 0 spiro atoms. The molecule has 2 aromatic carbocycles. The molecule has 0 saturated carbocycles. The molecular weight excluding hydrogens is 615 g/mol. The Hall–Kier alpha value is -2.28. The van der Waals surface area contributed by atoms with Crippen LogP contribution in [-0.4, -0.2) is 65.4 Å². The van der Waals surface area contributed by atoms with Crippen molar-refractivity contribution in [1.82, 2.24) is 9.80 Å². The molecule has 2 amide bonds. The van der Waals surface area contributed by atoms with Crippen LogP contribution in [0.15, 0.2) is 70.3 Å². The fourth-order valence-corrected chi connectivity index (χ4v) is 23.1. The SMILES string of the molecule is CCC[CH2][Sn](/[CH]=C1\CN2C(=O)[C@@H](N3C(=O)OC[C@@H]3c3ccccc3)[C@H]2[C@H]1Cc1ccccc1)([CH2]CCC)[CH2]CCC. The maximum absolute atomic E-state index is 13.8. The minimum atomic E-state index is -2.62. The van der Waals surface area contributed by atoms with Crippen LogP contribution in [0.1, 0.15) is 76.5 Å². The first kappa shape index (κ1) is 30.2. The number of benzene rings is 2. The first-order valence-corrected chi connectivity index (χ1v) is 23.8. The van der Waals surface area contributed by atoms with E-state index in [4.69, 9.17) is 4.74 Å². The van der Waals surface area contributed by atoms with Gasteiger partial charge in [0.05, 0.1) is 0 Å². The van der Waals surface area contributed by atoms with E-state index in [1.54, 1.807) is 4.90 Å². The van der Waals surface area contributed by atoms with Gasteiger partial charge in [0.2, 0.25) is 0 Å². The molecule has 41 heavy (non-hydrogen) atoms. The van der Waals surface area contributed by atoms with Gasteiger partial charge < -0.3 is 0 Å². The average Bonchev–Trinajstić information content (AvgIpc) is 3.52. The molecule has 0 aromatic heterocycles. The van der Waals surface area contributed by atoms with Crippen molar-refractivity contribution in [2.75, 3.05) is 13.2 Å². The molecule has 0 N–H and O–H groups in total. The van der Waals surface area contributed by atoms with E-state index < -0.39 is 24.4 Å². The summed E-state index contributed by atoms with van der Waals surface area (Å²) in [4.78, 5) is 30.9. The standard InChI is InChI=1S/C23H21N2O3.3C4H9.Sn/c1-15-13-24-20(18(15)12-16-8-4-2-5-9-16)21(22(24)26)25-19(14-28-23(25)27)17-10-6-3-7-11-17;3*1-3-4-2;/h1-11,18-21H,12-14H2;3*1,3-4H2,2H3;/t18-,19+,20+,21-;;;;/m0..../s1. The molecule has 5 rings (SSSR count). The third-order valence-electron chi connectivity index (χ3n) is 9.73. The van der Waals surface area contributed by atoms with Gasteiger partial charge in [-0.3, -0.25) is 0 Å². The molecule has 3 heterocycles. The Balaban J connectivity index is 1.52. The van der Waals surface area contributed by atoms with Crippen molar-refractivity contribution in [2.24, 2.45) is 5.92 Å². The van der Waals surface area contributed by atoms with Gasteiger partial charge >= 0.3 is 252 Å². The number of hydrogen-bond acceptors (Lipinski definition) is 3. The topological polar surface area (TPSA) is 49.9 Å². The van der Waals surface area contributed by atoms with E-state index in [1.807, 2.05) is 30.3 Å². The van der Waals surface area contributed by atoms with E-state index in [0.29, 0.717) is 6.61 Å². The van der Waals surface area contributed by atoms with Crippen molar-refractivity contribution in [3.8, 4) is 0 Å². The summed E-state index contributed by atoms with van der Waals surface area (Å²) in [5.41, 5.74) is 3.84. The molecule has 0 bridgehead atoms. The summed E-state index contributed by atoms with van der Waals surface area (Å²) in [6, 6.07) is 20.1. The zero-order valence-corrected chi connectivity index (χ0v) is 28.1. The molecule has 6 heteroatoms. The average molecular weight is 663 g/mol. The number of hydrogen-bond donors (Lipinski definition) is 0. The molecule has 0 unspecified atom stereocenters. The summed E-state index contributed by atoms with van der Waals surface area (Å²) in [5, 5.41) is 0. The minimum absolute atomic E-state index is 0.0123. The normalized spacial score (nSPS) is 25.0. The zero-order chi connectivity index (χ0) is 28.8. The number of amides is 2. The first-order valence-electron chi connectivity index (χ1n) is 16.1. The first-order chi connectivity index (χ1) is 20.0. The van der Waals surface area contributed by atoms with Crippen LogP contribution >= 0.6 is 0 Å². The summed E-state index contributed by atoms with van der Waals surface area (Å²) >= 11 is -2.62. The Bertz CT molecular complexity index is 1180. The van der Waals surface area contributed by atoms with Crippen LogP contribution < -0.4 is 0 Å². The van der Waals surface area contributed by atoms with Gasteiger partial charge in [0.25, 0.3) is 0 Å². The molecule has 4 atom stereocenters. The van der Waals surface area contributed by atoms with Crippen molar-refractivity contribution in [3.05, 3.63) is 81.5 Å². The zero-order valence-electron chi connectivity index (χ0n) is 25.3. The van der Waals surface area contributed by atoms with Crippen molar-refractivity contribution < 1.29 is 14.3 Å². The molecule has 3 saturated heterocycles. The maximum atomic E-state index is 13.8. The number of carbonyl (C=O) groups is 2. The van der Waals surface area contributed by atoms with Crippen LogP contribution in [0.4, 0.5) is 4.79 Å². The Morgan fingerprint density at radius 3 is 2.02 bits per heavy atom. The fourth-order valence-electron chi connectivity index (χ4n) is 7.50. The number of ether oxygens (including phenoxy) is 1. The summed E-state index contributed by atoms with van der Waals surface area (Å²) in [6.07, 6.45) is 8.28. The van der Waals surface area contributed by atoms with Gasteiger partial charge in [-0.2, -0.15) is 0 Å². The van der Waals surface area contributed by atoms with Crippen LogP contribution in [0.3, 0.4) is 0 Å². The predicted molar refractivity (Wildman–Crippen MR) is 168 cm³/mol. The Morgan fingerprint density at radius 1 is 0.854 bits per heavy atom. The number of cyclic esters (lactones) is 1. The predicted octanol–water partition coefficient (Wildman–Crippen LogP) is 7.95. The van der Waals surface area contributed by atoms with Gasteiger partial charge in [-0.1, -0.05) is 0 Å². The summed E-state index contributed by atoms with van der Waals surface area (Å²) < 4.78 is 12.7. The summed E-state index contributed by atoms with van der Waals surface area (Å²) in [6.45, 7) is 8.01. The van der Waals surface area contributed by atoms with E-state index in [0.717, 1.165) is 18.5 Å². The Kier molecular flexibility index (Phi) is 10.2. The Labute approximate surface area is 251 Å². The van der Waals surface area contributed by atoms with Gasteiger partial charge in [0.1, 0.15) is 0 Å². The number of rotatable bonds is 14. The Morgan fingerprint density at radius 2 is 1.44 bits per heavy atom. The van der Waals surface area contributed by atoms with Crippen LogP contribution in [-0.2, 0) is 16.0 Å². The second-order valence-corrected chi connectivity index (χ2v) is 25.4. The molecular formula is C35H48N2O3Sn. The van der Waals surface area contributed by atoms with Crippen molar-refractivity contribution in [2.45, 2.75) is 97.2 Å². The monoisotopic (exact) mass is 664 g/mol. The van der Waals surface area contributed by atoms with Crippen LogP contribution in [0, 0.1) is 5.92 Å². The fraction of sp³-hybridized carbons (Fsp3) is 0.543. The molecule has 3 aliphatic rings. The van der Waals surface area contributed by atoms with Gasteiger partial charge in [0, 0.05) is 0 Å². The third-order valence-corrected chi connectivity index (χ3v) is 24.1. The molecule has 2 aromatic rings. The second-order valence-electron chi connectivity index (χ2n) is 12.5. The number of nitrogens with zero attached hydrogens (tertiary/aromatic N) is 2. The van der Waals surface area contributed by atoms with Crippen LogP contribution in [0.5, 0.6) is 0 Å². The number of unbranched alkanes of at least 4 members (excludes halogenated alkanes) is 3. The van der Waals surface area contributed by atoms with Gasteiger partial charge in [-0.15, -0.1) is 0 Å². The summed E-state index contributed by atoms with van der Waals surface area (Å²) in [7, 11) is 0. The van der Waals surface area contributed by atoms with E-state index in [9.17, 15) is 9.59 Å². The van der Waals surface area contributed by atoms with E-state index in [2.05, 4.69) is 60.1 Å². The van der Waals surface area contributed by atoms with Crippen molar-refractivity contribution in [1.29, 1.82) is 0 Å². The molecule has 0 aliphatic carbocycles. The van der Waals surface area contributed by atoms with E-state index in [1.165, 1.54) is 63.0 Å². The molecule has 5 nitrogen and oxygen atoms in total. The van der Waals surface area contributed by atoms with E-state index in [-0.39, 0.29) is 30.0 Å². The van der Waals surface area contributed by atoms with Crippen molar-refractivity contribution >= 4 is 30.4 Å². The number of carbonyl (C=O) groups excluding carboxylic acids is 2. The molecule has 220 valence electrons. The third kappa shape index (κ3) is 6.40. The summed E-state index contributed by atoms with van der Waals surface area (Å²) in [5.74, 6) is 0.332. The number of β-lactam (4-membered cyclic amide) rings is 1. The van der Waals surface area contributed by atoms with Gasteiger partial charge in [-0.25, -0.2) is 0 Å². The molecule has 3 aliphatic heterocycles. The van der Waals surface area contributed by atoms with Crippen LogP contribution in [0.25, 0.3) is 0 Å². The second kappa shape index (κ2) is 13.8. The van der Waals surface area contributed by atoms with Crippen molar-refractivity contribution in [3.63, 3.8) is 0 Å². The molecule has 3 fully saturated rings. The number of fused-ring (bicyclic) bond motifs is 1. The quantitative estimate of drug-likeness (QED) is 0.152. The van der Waals surface area contributed by atoms with Gasteiger partial charge in [-0.05, 0) is 0 Å². The van der Waals surface area contributed by atoms with E-state index >= 15 is 0 Å². The molecule has 0 radical (unpaired) electrons. The van der Waals surface area contributed by atoms with Crippen LogP contribution in [0.2, 0.25) is 13.3 Å². The van der Waals surface area contributed by atoms with Gasteiger partial charge in [0.15, 0.2) is 0 Å².